The molecular formula is C11H19N3. The van der Waals surface area contributed by atoms with Gasteiger partial charge in [0, 0.05) is 18.1 Å². The van der Waals surface area contributed by atoms with Crippen LogP contribution in [0.4, 0.5) is 0 Å². The van der Waals surface area contributed by atoms with Crippen LogP contribution < -0.4 is 5.32 Å². The molecule has 3 heteroatoms. The Morgan fingerprint density at radius 2 is 1.93 bits per heavy atom. The van der Waals surface area contributed by atoms with Gasteiger partial charge in [-0.1, -0.05) is 0 Å². The van der Waals surface area contributed by atoms with E-state index in [4.69, 9.17) is 4.99 Å². The van der Waals surface area contributed by atoms with Crippen LogP contribution in [0.3, 0.4) is 0 Å². The molecule has 0 aromatic carbocycles. The van der Waals surface area contributed by atoms with Crippen molar-refractivity contribution >= 4 is 5.96 Å². The van der Waals surface area contributed by atoms with Gasteiger partial charge in [0.25, 0.3) is 0 Å². The second-order valence-electron chi connectivity index (χ2n) is 5.11. The average Bonchev–Trinajstić information content (AvgIpc) is 2.48. The van der Waals surface area contributed by atoms with E-state index in [9.17, 15) is 0 Å². The SMILES string of the molecule is C[C@@H]1C[C@@H]2CC[C@@H]3C[C@H](C)N=C(N1)N32. The molecule has 0 bridgehead atoms. The normalized spacial score (nSPS) is 45.6. The van der Waals surface area contributed by atoms with E-state index in [1.807, 2.05) is 0 Å². The van der Waals surface area contributed by atoms with Crippen molar-refractivity contribution in [2.75, 3.05) is 0 Å². The summed E-state index contributed by atoms with van der Waals surface area (Å²) in [5.74, 6) is 1.19. The third-order valence-corrected chi connectivity index (χ3v) is 3.82. The number of aliphatic imine (C=N–C) groups is 1. The van der Waals surface area contributed by atoms with Crippen molar-refractivity contribution in [3.63, 3.8) is 0 Å². The summed E-state index contributed by atoms with van der Waals surface area (Å²) in [7, 11) is 0. The van der Waals surface area contributed by atoms with Gasteiger partial charge in [-0.15, -0.1) is 0 Å². The summed E-state index contributed by atoms with van der Waals surface area (Å²) in [5.41, 5.74) is 0. The minimum Gasteiger partial charge on any atom is -0.354 e. The van der Waals surface area contributed by atoms with Crippen molar-refractivity contribution in [2.45, 2.75) is 63.7 Å². The maximum absolute atomic E-state index is 4.73. The number of nitrogens with zero attached hydrogens (tertiary/aromatic N) is 2. The Morgan fingerprint density at radius 3 is 2.71 bits per heavy atom. The lowest BCUT2D eigenvalue weighted by molar-refractivity contribution is 0.215. The van der Waals surface area contributed by atoms with Gasteiger partial charge in [-0.05, 0) is 39.5 Å². The van der Waals surface area contributed by atoms with Gasteiger partial charge in [0.15, 0.2) is 5.96 Å². The van der Waals surface area contributed by atoms with Crippen molar-refractivity contribution in [2.24, 2.45) is 4.99 Å². The molecule has 4 atom stereocenters. The van der Waals surface area contributed by atoms with E-state index in [1.54, 1.807) is 0 Å². The van der Waals surface area contributed by atoms with Crippen molar-refractivity contribution in [3.8, 4) is 0 Å². The Labute approximate surface area is 85.6 Å². The molecule has 2 saturated heterocycles. The molecule has 14 heavy (non-hydrogen) atoms. The largest absolute Gasteiger partial charge is 0.354 e. The number of rotatable bonds is 0. The molecule has 3 aliphatic rings. The first kappa shape index (κ1) is 8.57. The van der Waals surface area contributed by atoms with Crippen LogP contribution in [-0.4, -0.2) is 35.0 Å². The van der Waals surface area contributed by atoms with Crippen LogP contribution in [0.1, 0.15) is 39.5 Å². The average molecular weight is 193 g/mol. The zero-order valence-electron chi connectivity index (χ0n) is 9.03. The number of nitrogens with one attached hydrogen (secondary N) is 1. The fraction of sp³-hybridized carbons (Fsp3) is 0.909. The second-order valence-corrected chi connectivity index (χ2v) is 5.11. The van der Waals surface area contributed by atoms with Crippen molar-refractivity contribution in [3.05, 3.63) is 0 Å². The molecule has 0 unspecified atom stereocenters. The van der Waals surface area contributed by atoms with Crippen LogP contribution in [0, 0.1) is 0 Å². The first-order chi connectivity index (χ1) is 6.74. The summed E-state index contributed by atoms with van der Waals surface area (Å²) in [6.07, 6.45) is 5.31. The highest BCUT2D eigenvalue weighted by Crippen LogP contribution is 2.35. The number of guanidine groups is 1. The summed E-state index contributed by atoms with van der Waals surface area (Å²) >= 11 is 0. The highest BCUT2D eigenvalue weighted by Gasteiger charge is 2.42. The third kappa shape index (κ3) is 1.14. The van der Waals surface area contributed by atoms with Gasteiger partial charge in [0.1, 0.15) is 0 Å². The molecule has 3 rings (SSSR count). The summed E-state index contributed by atoms with van der Waals surface area (Å²) < 4.78 is 0. The molecule has 78 valence electrons. The molecule has 3 aliphatic heterocycles. The molecule has 0 amide bonds. The third-order valence-electron chi connectivity index (χ3n) is 3.82. The molecule has 0 aliphatic carbocycles. The van der Waals surface area contributed by atoms with Gasteiger partial charge in [-0.25, -0.2) is 4.99 Å². The standard InChI is InChI=1S/C11H19N3/c1-7-5-9-3-4-10-6-8(2)13-11(12-7)14(9)10/h7-10H,3-6H2,1-2H3,(H,12,13)/t7-,8+,9+,10-. The molecule has 0 radical (unpaired) electrons. The molecule has 3 heterocycles. The van der Waals surface area contributed by atoms with Gasteiger partial charge < -0.3 is 10.2 Å². The van der Waals surface area contributed by atoms with Crippen LogP contribution in [0.25, 0.3) is 0 Å². The van der Waals surface area contributed by atoms with Crippen LogP contribution >= 0.6 is 0 Å². The fourth-order valence-electron chi connectivity index (χ4n) is 3.29. The Bertz CT molecular complexity index is 274. The van der Waals surface area contributed by atoms with E-state index >= 15 is 0 Å². The van der Waals surface area contributed by atoms with Gasteiger partial charge in [-0.2, -0.15) is 0 Å². The molecule has 0 saturated carbocycles. The Morgan fingerprint density at radius 1 is 1.21 bits per heavy atom. The Hall–Kier alpha value is -0.730. The Kier molecular flexibility index (Phi) is 1.76. The lowest BCUT2D eigenvalue weighted by Crippen LogP contribution is -2.59. The monoisotopic (exact) mass is 193 g/mol. The van der Waals surface area contributed by atoms with Crippen molar-refractivity contribution < 1.29 is 0 Å². The predicted octanol–water partition coefficient (Wildman–Crippen LogP) is 1.35. The van der Waals surface area contributed by atoms with Crippen LogP contribution in [-0.2, 0) is 0 Å². The topological polar surface area (TPSA) is 27.6 Å². The second kappa shape index (κ2) is 2.88. The van der Waals surface area contributed by atoms with Gasteiger partial charge >= 0.3 is 0 Å². The van der Waals surface area contributed by atoms with Crippen LogP contribution in [0.5, 0.6) is 0 Å². The molecule has 2 fully saturated rings. The number of hydrogen-bond donors (Lipinski definition) is 1. The lowest BCUT2D eigenvalue weighted by Gasteiger charge is -2.43. The molecule has 1 N–H and O–H groups in total. The van der Waals surface area contributed by atoms with E-state index in [2.05, 4.69) is 24.1 Å². The highest BCUT2D eigenvalue weighted by atomic mass is 15.4. The maximum Gasteiger partial charge on any atom is 0.194 e. The van der Waals surface area contributed by atoms with E-state index in [-0.39, 0.29) is 0 Å². The van der Waals surface area contributed by atoms with E-state index in [0.29, 0.717) is 12.1 Å². The first-order valence-electron chi connectivity index (χ1n) is 5.86. The minimum atomic E-state index is 0.516. The smallest absolute Gasteiger partial charge is 0.194 e. The number of hydrogen-bond acceptors (Lipinski definition) is 3. The van der Waals surface area contributed by atoms with Gasteiger partial charge in [0.05, 0.1) is 6.04 Å². The van der Waals surface area contributed by atoms with Crippen LogP contribution in [0.15, 0.2) is 4.99 Å². The quantitative estimate of drug-likeness (QED) is 0.629. The lowest BCUT2D eigenvalue weighted by atomic mass is 10.0. The van der Waals surface area contributed by atoms with Crippen LogP contribution in [0.2, 0.25) is 0 Å². The van der Waals surface area contributed by atoms with Crippen molar-refractivity contribution in [1.29, 1.82) is 0 Å². The molecule has 0 aromatic heterocycles. The minimum absolute atomic E-state index is 0.516. The maximum atomic E-state index is 4.73. The van der Waals surface area contributed by atoms with E-state index in [1.165, 1.54) is 31.6 Å². The van der Waals surface area contributed by atoms with Crippen molar-refractivity contribution in [1.82, 2.24) is 10.2 Å². The van der Waals surface area contributed by atoms with E-state index < -0.39 is 0 Å². The van der Waals surface area contributed by atoms with Gasteiger partial charge in [0.2, 0.25) is 0 Å². The zero-order chi connectivity index (χ0) is 9.71. The van der Waals surface area contributed by atoms with E-state index in [0.717, 1.165) is 12.1 Å². The molecular weight excluding hydrogens is 174 g/mol. The summed E-state index contributed by atoms with van der Waals surface area (Å²) in [4.78, 5) is 7.28. The first-order valence-corrected chi connectivity index (χ1v) is 5.86. The highest BCUT2D eigenvalue weighted by molar-refractivity contribution is 5.83. The van der Waals surface area contributed by atoms with Gasteiger partial charge in [-0.3, -0.25) is 0 Å². The molecule has 0 aromatic rings. The molecule has 0 spiro atoms. The summed E-state index contributed by atoms with van der Waals surface area (Å²) in [5, 5.41) is 3.53. The Balaban J connectivity index is 1.94. The summed E-state index contributed by atoms with van der Waals surface area (Å²) in [6.45, 7) is 4.51. The fourth-order valence-corrected chi connectivity index (χ4v) is 3.29. The summed E-state index contributed by atoms with van der Waals surface area (Å²) in [6, 6.07) is 2.69. The zero-order valence-corrected chi connectivity index (χ0v) is 9.03. The predicted molar refractivity (Wildman–Crippen MR) is 57.4 cm³/mol. The molecule has 3 nitrogen and oxygen atoms in total.